The second-order valence-corrected chi connectivity index (χ2v) is 4.79. The van der Waals surface area contributed by atoms with Crippen LogP contribution in [0.5, 0.6) is 0 Å². The Morgan fingerprint density at radius 2 is 1.86 bits per heavy atom. The molecular formula is C10H11ClF2S. The van der Waals surface area contributed by atoms with Crippen LogP contribution in [-0.4, -0.2) is 11.1 Å². The fraction of sp³-hybridized carbons (Fsp3) is 0.400. The third-order valence-corrected chi connectivity index (χ3v) is 3.56. The zero-order valence-electron chi connectivity index (χ0n) is 7.77. The first kappa shape index (κ1) is 11.8. The highest BCUT2D eigenvalue weighted by molar-refractivity contribution is 7.99. The molecule has 4 heteroatoms. The van der Waals surface area contributed by atoms with E-state index in [1.807, 2.05) is 6.92 Å². The van der Waals surface area contributed by atoms with Gasteiger partial charge >= 0.3 is 0 Å². The Morgan fingerprint density at radius 3 is 2.36 bits per heavy atom. The smallest absolute Gasteiger partial charge is 0.126 e. The molecule has 14 heavy (non-hydrogen) atoms. The fourth-order valence-electron chi connectivity index (χ4n) is 0.977. The molecule has 0 saturated heterocycles. The van der Waals surface area contributed by atoms with Gasteiger partial charge in [0.15, 0.2) is 0 Å². The van der Waals surface area contributed by atoms with E-state index in [4.69, 9.17) is 11.6 Å². The molecule has 0 aliphatic rings. The Hall–Kier alpha value is -0.280. The van der Waals surface area contributed by atoms with E-state index in [-0.39, 0.29) is 0 Å². The van der Waals surface area contributed by atoms with Crippen molar-refractivity contribution in [3.05, 3.63) is 35.4 Å². The second kappa shape index (κ2) is 5.56. The average molecular weight is 237 g/mol. The zero-order chi connectivity index (χ0) is 10.6. The summed E-state index contributed by atoms with van der Waals surface area (Å²) in [4.78, 5) is 0. The molecule has 0 aliphatic carbocycles. The summed E-state index contributed by atoms with van der Waals surface area (Å²) < 4.78 is 25.5. The highest BCUT2D eigenvalue weighted by Crippen LogP contribution is 2.19. The third kappa shape index (κ3) is 3.84. The van der Waals surface area contributed by atoms with Gasteiger partial charge in [-0.2, -0.15) is 11.8 Å². The molecule has 0 bridgehead atoms. The molecule has 78 valence electrons. The van der Waals surface area contributed by atoms with Crippen LogP contribution in [0.1, 0.15) is 12.5 Å². The number of halogens is 3. The van der Waals surface area contributed by atoms with Gasteiger partial charge < -0.3 is 0 Å². The molecule has 0 heterocycles. The number of thioether (sulfide) groups is 1. The van der Waals surface area contributed by atoms with Gasteiger partial charge in [0, 0.05) is 22.9 Å². The normalized spacial score (nSPS) is 12.9. The van der Waals surface area contributed by atoms with Crippen LogP contribution in [0.25, 0.3) is 0 Å². The molecular weight excluding hydrogens is 226 g/mol. The minimum atomic E-state index is -0.529. The molecule has 0 aromatic heterocycles. The van der Waals surface area contributed by atoms with E-state index in [1.165, 1.54) is 12.1 Å². The molecule has 0 radical (unpaired) electrons. The SMILES string of the molecule is CC(CCl)SCc1cc(F)cc(F)c1. The quantitative estimate of drug-likeness (QED) is 0.716. The summed E-state index contributed by atoms with van der Waals surface area (Å²) in [5.74, 6) is 0.0728. The van der Waals surface area contributed by atoms with E-state index < -0.39 is 11.6 Å². The maximum Gasteiger partial charge on any atom is 0.126 e. The summed E-state index contributed by atoms with van der Waals surface area (Å²) in [5.41, 5.74) is 0.657. The lowest BCUT2D eigenvalue weighted by Gasteiger charge is -2.07. The molecule has 0 nitrogen and oxygen atoms in total. The average Bonchev–Trinajstić information content (AvgIpc) is 2.12. The number of alkyl halides is 1. The lowest BCUT2D eigenvalue weighted by atomic mass is 10.2. The van der Waals surface area contributed by atoms with Crippen LogP contribution < -0.4 is 0 Å². The molecule has 0 fully saturated rings. The van der Waals surface area contributed by atoms with E-state index in [2.05, 4.69) is 0 Å². The van der Waals surface area contributed by atoms with Crippen molar-refractivity contribution in [2.24, 2.45) is 0 Å². The van der Waals surface area contributed by atoms with Crippen LogP contribution in [0.3, 0.4) is 0 Å². The minimum absolute atomic E-state index is 0.294. The number of hydrogen-bond acceptors (Lipinski definition) is 1. The van der Waals surface area contributed by atoms with E-state index in [0.717, 1.165) is 6.07 Å². The van der Waals surface area contributed by atoms with Crippen molar-refractivity contribution in [3.8, 4) is 0 Å². The van der Waals surface area contributed by atoms with Gasteiger partial charge in [0.05, 0.1) is 0 Å². The monoisotopic (exact) mass is 236 g/mol. The summed E-state index contributed by atoms with van der Waals surface area (Å²) in [5, 5.41) is 0.294. The third-order valence-electron chi connectivity index (χ3n) is 1.67. The van der Waals surface area contributed by atoms with Crippen LogP contribution in [0, 0.1) is 11.6 Å². The maximum atomic E-state index is 12.8. The zero-order valence-corrected chi connectivity index (χ0v) is 9.34. The topological polar surface area (TPSA) is 0 Å². The van der Waals surface area contributed by atoms with Crippen molar-refractivity contribution < 1.29 is 8.78 Å². The molecule has 1 rings (SSSR count). The highest BCUT2D eigenvalue weighted by atomic mass is 35.5. The van der Waals surface area contributed by atoms with Gasteiger partial charge in [0.25, 0.3) is 0 Å². The molecule has 0 saturated carbocycles. The van der Waals surface area contributed by atoms with Crippen LogP contribution >= 0.6 is 23.4 Å². The fourth-order valence-corrected chi connectivity index (χ4v) is 1.98. The first-order valence-corrected chi connectivity index (χ1v) is 5.82. The van der Waals surface area contributed by atoms with E-state index in [1.54, 1.807) is 11.8 Å². The van der Waals surface area contributed by atoms with E-state index >= 15 is 0 Å². The van der Waals surface area contributed by atoms with Gasteiger partial charge in [0.2, 0.25) is 0 Å². The number of hydrogen-bond donors (Lipinski definition) is 0. The van der Waals surface area contributed by atoms with Crippen LogP contribution in [-0.2, 0) is 5.75 Å². The first-order valence-electron chi connectivity index (χ1n) is 4.24. The molecule has 1 aromatic carbocycles. The second-order valence-electron chi connectivity index (χ2n) is 3.05. The van der Waals surface area contributed by atoms with Crippen LogP contribution in [0.2, 0.25) is 0 Å². The summed E-state index contributed by atoms with van der Waals surface area (Å²) in [6, 6.07) is 3.56. The van der Waals surface area contributed by atoms with Gasteiger partial charge in [-0.1, -0.05) is 6.92 Å². The molecule has 1 aromatic rings. The van der Waals surface area contributed by atoms with Crippen molar-refractivity contribution in [1.29, 1.82) is 0 Å². The van der Waals surface area contributed by atoms with Gasteiger partial charge in [-0.15, -0.1) is 11.6 Å². The van der Waals surface area contributed by atoms with Crippen molar-refractivity contribution in [3.63, 3.8) is 0 Å². The molecule has 0 aliphatic heterocycles. The summed E-state index contributed by atoms with van der Waals surface area (Å²) in [6.45, 7) is 1.98. The molecule has 0 N–H and O–H groups in total. The lowest BCUT2D eigenvalue weighted by molar-refractivity contribution is 0.581. The first-order chi connectivity index (χ1) is 6.61. The Labute approximate surface area is 91.6 Å². The van der Waals surface area contributed by atoms with Crippen molar-refractivity contribution >= 4 is 23.4 Å². The maximum absolute atomic E-state index is 12.8. The summed E-state index contributed by atoms with van der Waals surface area (Å²) in [6.07, 6.45) is 0. The Balaban J connectivity index is 2.58. The number of benzene rings is 1. The highest BCUT2D eigenvalue weighted by Gasteiger charge is 2.04. The largest absolute Gasteiger partial charge is 0.207 e. The molecule has 0 amide bonds. The summed E-state index contributed by atoms with van der Waals surface area (Å²) in [7, 11) is 0. The van der Waals surface area contributed by atoms with Crippen molar-refractivity contribution in [2.45, 2.75) is 17.9 Å². The van der Waals surface area contributed by atoms with Crippen LogP contribution in [0.4, 0.5) is 8.78 Å². The predicted molar refractivity (Wildman–Crippen MR) is 57.8 cm³/mol. The predicted octanol–water partition coefficient (Wildman–Crippen LogP) is 3.83. The lowest BCUT2D eigenvalue weighted by Crippen LogP contribution is -1.98. The molecule has 1 atom stereocenters. The molecule has 0 spiro atoms. The van der Waals surface area contributed by atoms with E-state index in [9.17, 15) is 8.78 Å². The van der Waals surface area contributed by atoms with Gasteiger partial charge in [-0.05, 0) is 17.7 Å². The van der Waals surface area contributed by atoms with Gasteiger partial charge in [-0.3, -0.25) is 0 Å². The Bertz CT molecular complexity index is 284. The minimum Gasteiger partial charge on any atom is -0.207 e. The van der Waals surface area contributed by atoms with E-state index in [0.29, 0.717) is 22.4 Å². The standard InChI is InChI=1S/C10H11ClF2S/c1-7(5-11)14-6-8-2-9(12)4-10(13)3-8/h2-4,7H,5-6H2,1H3. The summed E-state index contributed by atoms with van der Waals surface area (Å²) >= 11 is 7.19. The van der Waals surface area contributed by atoms with Crippen molar-refractivity contribution in [2.75, 3.05) is 5.88 Å². The number of rotatable bonds is 4. The van der Waals surface area contributed by atoms with Gasteiger partial charge in [0.1, 0.15) is 11.6 Å². The van der Waals surface area contributed by atoms with Crippen molar-refractivity contribution in [1.82, 2.24) is 0 Å². The molecule has 1 unspecified atom stereocenters. The Kier molecular flexibility index (Phi) is 4.69. The van der Waals surface area contributed by atoms with Gasteiger partial charge in [-0.25, -0.2) is 8.78 Å². The van der Waals surface area contributed by atoms with Crippen LogP contribution in [0.15, 0.2) is 18.2 Å². The Morgan fingerprint density at radius 1 is 1.29 bits per heavy atom.